The Bertz CT molecular complexity index is 821. The van der Waals surface area contributed by atoms with Crippen molar-refractivity contribution >= 4 is 27.4 Å². The lowest BCUT2D eigenvalue weighted by Gasteiger charge is -2.23. The second-order valence-electron chi connectivity index (χ2n) is 6.65. The highest BCUT2D eigenvalue weighted by molar-refractivity contribution is 7.91. The molecule has 29 heavy (non-hydrogen) atoms. The number of nitrogens with two attached hydrogens (primary N) is 1. The Balaban J connectivity index is 0.000000960. The number of nitrogen functional groups attached to an aromatic ring is 1. The minimum absolute atomic E-state index is 0.0306. The molecule has 0 aromatic heterocycles. The number of nitrogens with zero attached hydrogens (tertiary/aromatic N) is 1. The number of hydrogen-bond donors (Lipinski definition) is 3. The summed E-state index contributed by atoms with van der Waals surface area (Å²) >= 11 is 0. The maximum absolute atomic E-state index is 12.6. The SMILES string of the molecule is CC(=O)O.CCN1CCCC1CNC(=O)c1cc(S(=O)(=O)CC)c(N)cc1OC. The summed E-state index contributed by atoms with van der Waals surface area (Å²) < 4.78 is 29.6. The van der Waals surface area contributed by atoms with Crippen molar-refractivity contribution in [2.24, 2.45) is 0 Å². The predicted molar refractivity (Wildman–Crippen MR) is 111 cm³/mol. The summed E-state index contributed by atoms with van der Waals surface area (Å²) in [4.78, 5) is 23.9. The largest absolute Gasteiger partial charge is 0.496 e. The number of carbonyl (C=O) groups is 2. The van der Waals surface area contributed by atoms with Crippen LogP contribution in [0.25, 0.3) is 0 Å². The van der Waals surface area contributed by atoms with Gasteiger partial charge in [-0.3, -0.25) is 14.5 Å². The molecule has 1 aliphatic rings. The monoisotopic (exact) mass is 429 g/mol. The van der Waals surface area contributed by atoms with Gasteiger partial charge in [-0.05, 0) is 32.0 Å². The molecule has 1 heterocycles. The van der Waals surface area contributed by atoms with Crippen molar-refractivity contribution in [3.63, 3.8) is 0 Å². The summed E-state index contributed by atoms with van der Waals surface area (Å²) in [7, 11) is -2.10. The van der Waals surface area contributed by atoms with Crippen molar-refractivity contribution in [3.05, 3.63) is 17.7 Å². The lowest BCUT2D eigenvalue weighted by Crippen LogP contribution is -2.40. The van der Waals surface area contributed by atoms with Crippen LogP contribution in [0.5, 0.6) is 5.75 Å². The fourth-order valence-electron chi connectivity index (χ4n) is 3.20. The highest BCUT2D eigenvalue weighted by Crippen LogP contribution is 2.29. The number of sulfone groups is 1. The quantitative estimate of drug-likeness (QED) is 0.552. The summed E-state index contributed by atoms with van der Waals surface area (Å²) in [5.74, 6) is -1.01. The zero-order valence-electron chi connectivity index (χ0n) is 17.4. The van der Waals surface area contributed by atoms with E-state index in [0.29, 0.717) is 12.6 Å². The number of amides is 1. The molecular weight excluding hydrogens is 398 g/mol. The minimum atomic E-state index is -3.52. The molecule has 1 fully saturated rings. The Morgan fingerprint density at radius 2 is 1.97 bits per heavy atom. The van der Waals surface area contributed by atoms with E-state index >= 15 is 0 Å². The van der Waals surface area contributed by atoms with E-state index in [1.165, 1.54) is 26.2 Å². The van der Waals surface area contributed by atoms with Gasteiger partial charge in [0, 0.05) is 25.6 Å². The third-order valence-corrected chi connectivity index (χ3v) is 6.48. The first-order valence-corrected chi connectivity index (χ1v) is 11.1. The van der Waals surface area contributed by atoms with Gasteiger partial charge in [0.1, 0.15) is 5.75 Å². The molecule has 1 aromatic carbocycles. The van der Waals surface area contributed by atoms with Gasteiger partial charge in [-0.25, -0.2) is 8.42 Å². The molecule has 0 aliphatic carbocycles. The number of methoxy groups -OCH3 is 1. The molecule has 1 aliphatic heterocycles. The van der Waals surface area contributed by atoms with Crippen LogP contribution >= 0.6 is 0 Å². The van der Waals surface area contributed by atoms with Gasteiger partial charge in [0.15, 0.2) is 9.84 Å². The lowest BCUT2D eigenvalue weighted by atomic mass is 10.1. The standard InChI is InChI=1S/C17H27N3O4S.C2H4O2/c1-4-20-8-6-7-12(20)11-19-17(21)13-9-16(25(22,23)5-2)14(18)10-15(13)24-3;1-2(3)4/h9-10,12H,4-8,11,18H2,1-3H3,(H,19,21);1H3,(H,3,4). The molecule has 10 heteroatoms. The molecule has 1 aromatic rings. The molecule has 4 N–H and O–H groups in total. The van der Waals surface area contributed by atoms with E-state index in [-0.39, 0.29) is 33.6 Å². The van der Waals surface area contributed by atoms with Crippen LogP contribution in [0.1, 0.15) is 44.0 Å². The first kappa shape index (κ1) is 24.7. The second kappa shape index (κ2) is 11.0. The molecule has 1 saturated heterocycles. The first-order chi connectivity index (χ1) is 13.6. The number of carbonyl (C=O) groups excluding carboxylic acids is 1. The van der Waals surface area contributed by atoms with Crippen molar-refractivity contribution in [2.75, 3.05) is 38.2 Å². The van der Waals surface area contributed by atoms with E-state index < -0.39 is 15.8 Å². The predicted octanol–water partition coefficient (Wildman–Crippen LogP) is 1.38. The first-order valence-electron chi connectivity index (χ1n) is 9.49. The summed E-state index contributed by atoms with van der Waals surface area (Å²) in [5.41, 5.74) is 6.11. The molecule has 2 rings (SSSR count). The van der Waals surface area contributed by atoms with Gasteiger partial charge in [-0.2, -0.15) is 0 Å². The number of nitrogens with one attached hydrogen (secondary N) is 1. The third kappa shape index (κ3) is 6.90. The van der Waals surface area contributed by atoms with Gasteiger partial charge in [0.2, 0.25) is 0 Å². The van der Waals surface area contributed by atoms with Crippen LogP contribution in [0.2, 0.25) is 0 Å². The fourth-order valence-corrected chi connectivity index (χ4v) is 4.22. The summed E-state index contributed by atoms with van der Waals surface area (Å²) in [6.45, 7) is 7.24. The maximum Gasteiger partial charge on any atom is 0.300 e. The van der Waals surface area contributed by atoms with Crippen molar-refractivity contribution in [1.82, 2.24) is 10.2 Å². The number of ether oxygens (including phenoxy) is 1. The number of likely N-dealkylation sites (N-methyl/N-ethyl adjacent to an activating group) is 1. The number of carboxylic acid groups (broad SMARTS) is 1. The Kier molecular flexibility index (Phi) is 9.38. The smallest absolute Gasteiger partial charge is 0.300 e. The van der Waals surface area contributed by atoms with Crippen molar-refractivity contribution < 1.29 is 27.9 Å². The van der Waals surface area contributed by atoms with Gasteiger partial charge < -0.3 is 20.9 Å². The maximum atomic E-state index is 12.6. The topological polar surface area (TPSA) is 139 Å². The molecule has 0 bridgehead atoms. The zero-order valence-corrected chi connectivity index (χ0v) is 18.2. The second-order valence-corrected chi connectivity index (χ2v) is 8.89. The molecule has 1 amide bonds. The van der Waals surface area contributed by atoms with Crippen LogP contribution in [-0.2, 0) is 14.6 Å². The number of likely N-dealkylation sites (tertiary alicyclic amines) is 1. The van der Waals surface area contributed by atoms with Crippen LogP contribution in [-0.4, -0.2) is 68.8 Å². The summed E-state index contributed by atoms with van der Waals surface area (Å²) in [6.07, 6.45) is 2.17. The molecule has 9 nitrogen and oxygen atoms in total. The van der Waals surface area contributed by atoms with E-state index in [9.17, 15) is 13.2 Å². The van der Waals surface area contributed by atoms with Crippen molar-refractivity contribution in [3.8, 4) is 5.75 Å². The van der Waals surface area contributed by atoms with Crippen molar-refractivity contribution in [2.45, 2.75) is 44.6 Å². The van der Waals surface area contributed by atoms with E-state index in [0.717, 1.165) is 32.9 Å². The number of aliphatic carboxylic acids is 1. The molecule has 1 unspecified atom stereocenters. The molecule has 0 saturated carbocycles. The Morgan fingerprint density at radius 3 is 2.48 bits per heavy atom. The van der Waals surface area contributed by atoms with Crippen LogP contribution in [0.4, 0.5) is 5.69 Å². The fraction of sp³-hybridized carbons (Fsp3) is 0.579. The number of benzene rings is 1. The number of hydrogen-bond acceptors (Lipinski definition) is 7. The molecule has 0 spiro atoms. The molecule has 0 radical (unpaired) electrons. The van der Waals surface area contributed by atoms with Crippen LogP contribution in [0.15, 0.2) is 17.0 Å². The van der Waals surface area contributed by atoms with Gasteiger partial charge in [-0.1, -0.05) is 13.8 Å². The lowest BCUT2D eigenvalue weighted by molar-refractivity contribution is -0.134. The minimum Gasteiger partial charge on any atom is -0.496 e. The number of anilines is 1. The van der Waals surface area contributed by atoms with E-state index in [1.807, 2.05) is 0 Å². The number of rotatable bonds is 7. The van der Waals surface area contributed by atoms with Gasteiger partial charge >= 0.3 is 0 Å². The third-order valence-electron chi connectivity index (χ3n) is 4.70. The molecule has 164 valence electrons. The molecular formula is C19H31N3O6S. The van der Waals surface area contributed by atoms with Gasteiger partial charge in [0.05, 0.1) is 29.0 Å². The Labute approximate surface area is 172 Å². The van der Waals surface area contributed by atoms with E-state index in [1.54, 1.807) is 0 Å². The normalized spacial score (nSPS) is 16.6. The highest BCUT2D eigenvalue weighted by Gasteiger charge is 2.25. The van der Waals surface area contributed by atoms with Gasteiger partial charge in [-0.15, -0.1) is 0 Å². The van der Waals surface area contributed by atoms with Crippen LogP contribution in [0, 0.1) is 0 Å². The van der Waals surface area contributed by atoms with E-state index in [2.05, 4.69) is 17.1 Å². The molecule has 1 atom stereocenters. The number of carboxylic acids is 1. The van der Waals surface area contributed by atoms with Gasteiger partial charge in [0.25, 0.3) is 11.9 Å². The summed E-state index contributed by atoms with van der Waals surface area (Å²) in [5, 5.41) is 10.3. The highest BCUT2D eigenvalue weighted by atomic mass is 32.2. The van der Waals surface area contributed by atoms with Crippen LogP contribution in [0.3, 0.4) is 0 Å². The Morgan fingerprint density at radius 1 is 1.34 bits per heavy atom. The zero-order chi connectivity index (χ0) is 22.2. The average Bonchev–Trinajstić information content (AvgIpc) is 3.12. The van der Waals surface area contributed by atoms with E-state index in [4.69, 9.17) is 20.4 Å². The Hall–Kier alpha value is -2.33. The van der Waals surface area contributed by atoms with Crippen molar-refractivity contribution in [1.29, 1.82) is 0 Å². The average molecular weight is 430 g/mol. The summed E-state index contributed by atoms with van der Waals surface area (Å²) in [6, 6.07) is 3.02. The van der Waals surface area contributed by atoms with Crippen LogP contribution < -0.4 is 15.8 Å².